The van der Waals surface area contributed by atoms with Gasteiger partial charge in [0.05, 0.1) is 0 Å². The van der Waals surface area contributed by atoms with Gasteiger partial charge in [0.15, 0.2) is 0 Å². The van der Waals surface area contributed by atoms with Crippen LogP contribution in [0.4, 0.5) is 0 Å². The molecular formula is CoCrFeMnMoNi. The Morgan fingerprint density at radius 1 is 1.00 bits per heavy atom. The van der Waals surface area contributed by atoms with Crippen molar-refractivity contribution in [2.45, 2.75) is 0 Å². The molecule has 0 aliphatic heterocycles. The van der Waals surface area contributed by atoms with Crippen molar-refractivity contribution >= 4 is 0 Å². The molecule has 0 unspecified atom stereocenters. The maximum absolute atomic E-state index is 0. The molecule has 0 aromatic rings. The first-order chi connectivity index (χ1) is 0. The molecule has 0 amide bonds. The smallest absolute Gasteiger partial charge is 0 e. The van der Waals surface area contributed by atoms with E-state index in [2.05, 4.69) is 0 Å². The minimum atomic E-state index is 0. The van der Waals surface area contributed by atoms with E-state index in [9.17, 15) is 0 Å². The molecule has 0 rings (SSSR count). The summed E-state index contributed by atoms with van der Waals surface area (Å²) in [6, 6.07) is 0. The van der Waals surface area contributed by atoms with E-state index in [0.717, 1.165) is 0 Å². The van der Waals surface area contributed by atoms with Crippen LogP contribution >= 0.6 is 0 Å². The molecule has 0 aliphatic carbocycles. The van der Waals surface area contributed by atoms with Crippen LogP contribution in [0, 0.1) is 0 Å². The van der Waals surface area contributed by atoms with Gasteiger partial charge >= 0.3 is 0 Å². The molecule has 0 aromatic heterocycles. The van der Waals surface area contributed by atoms with Crippen LogP contribution in [-0.2, 0) is 106 Å². The average molecular weight is 376 g/mol. The molecular weight excluding hydrogens is 376 g/mol. The van der Waals surface area contributed by atoms with Gasteiger partial charge in [0.25, 0.3) is 0 Å². The summed E-state index contributed by atoms with van der Waals surface area (Å²) in [4.78, 5) is 0. The summed E-state index contributed by atoms with van der Waals surface area (Å²) in [6.07, 6.45) is 0. The third kappa shape index (κ3) is 26.8. The summed E-state index contributed by atoms with van der Waals surface area (Å²) >= 11 is 0. The molecule has 0 atom stereocenters. The SMILES string of the molecule is [Co].[Cr].[Fe].[Mn].[Mo].[Ni]. The fourth-order valence-corrected chi connectivity index (χ4v) is 0. The molecule has 0 heterocycles. The zero-order chi connectivity index (χ0) is 0. The Kier molecular flexibility index (Phi) is 406. The van der Waals surface area contributed by atoms with Gasteiger partial charge in [0.1, 0.15) is 0 Å². The van der Waals surface area contributed by atoms with Crippen LogP contribution in [0.15, 0.2) is 0 Å². The maximum Gasteiger partial charge on any atom is 0 e. The molecule has 0 aromatic carbocycles. The van der Waals surface area contributed by atoms with E-state index >= 15 is 0 Å². The number of hydrogen-bond donors (Lipinski definition) is 0. The van der Waals surface area contributed by atoms with Crippen molar-refractivity contribution in [2.24, 2.45) is 0 Å². The van der Waals surface area contributed by atoms with Crippen LogP contribution in [0.5, 0.6) is 0 Å². The van der Waals surface area contributed by atoms with E-state index in [1.807, 2.05) is 0 Å². The van der Waals surface area contributed by atoms with E-state index < -0.39 is 0 Å². The Morgan fingerprint density at radius 3 is 1.00 bits per heavy atom. The standard InChI is InChI=1S/Co.Cr.Fe.Mn.Mo.Ni. The Hall–Kier alpha value is 3.26. The first kappa shape index (κ1) is 59.5. The third-order valence-corrected chi connectivity index (χ3v) is 0. The summed E-state index contributed by atoms with van der Waals surface area (Å²) in [7, 11) is 0. The van der Waals surface area contributed by atoms with Crippen molar-refractivity contribution in [2.75, 3.05) is 0 Å². The zero-order valence-corrected chi connectivity index (χ0v) is 9.79. The Bertz CT molecular complexity index is 15.5. The predicted molar refractivity (Wildman–Crippen MR) is 0 cm³/mol. The van der Waals surface area contributed by atoms with Crippen LogP contribution in [0.2, 0.25) is 0 Å². The molecule has 0 nitrogen and oxygen atoms in total. The van der Waals surface area contributed by atoms with Gasteiger partial charge in [0.2, 0.25) is 0 Å². The Labute approximate surface area is 104 Å². The van der Waals surface area contributed by atoms with Gasteiger partial charge in [-0.3, -0.25) is 0 Å². The summed E-state index contributed by atoms with van der Waals surface area (Å²) < 4.78 is 0. The fraction of sp³-hybridized carbons (Fsp3) is 0. The molecule has 2 radical (unpaired) electrons. The van der Waals surface area contributed by atoms with Crippen LogP contribution < -0.4 is 0 Å². The summed E-state index contributed by atoms with van der Waals surface area (Å²) in [6.45, 7) is 0. The molecule has 6 heavy (non-hydrogen) atoms. The minimum Gasteiger partial charge on any atom is 0 e. The van der Waals surface area contributed by atoms with Gasteiger partial charge < -0.3 is 0 Å². The van der Waals surface area contributed by atoms with Gasteiger partial charge in [0, 0.05) is 106 Å². The third-order valence-electron chi connectivity index (χ3n) is 0. The first-order valence-corrected chi connectivity index (χ1v) is 0. The summed E-state index contributed by atoms with van der Waals surface area (Å²) in [5.74, 6) is 0. The van der Waals surface area contributed by atoms with Crippen LogP contribution in [0.1, 0.15) is 0 Å². The molecule has 6 heteroatoms. The summed E-state index contributed by atoms with van der Waals surface area (Å²) in [5.41, 5.74) is 0. The molecule has 0 saturated heterocycles. The van der Waals surface area contributed by atoms with Crippen LogP contribution in [0.3, 0.4) is 0 Å². The molecule has 0 saturated carbocycles. The number of hydrogen-bond acceptors (Lipinski definition) is 0. The quantitative estimate of drug-likeness (QED) is 0.522. The van der Waals surface area contributed by atoms with E-state index in [0.29, 0.717) is 0 Å². The Balaban J connectivity index is 0. The van der Waals surface area contributed by atoms with Crippen molar-refractivity contribution < 1.29 is 106 Å². The van der Waals surface area contributed by atoms with Crippen LogP contribution in [0.25, 0.3) is 0 Å². The largest absolute Gasteiger partial charge is 0 e. The molecule has 0 N–H and O–H groups in total. The normalized spacial score (nSPS) is 0. The second kappa shape index (κ2) is 41.0. The van der Waals surface area contributed by atoms with Gasteiger partial charge in [-0.25, -0.2) is 0 Å². The summed E-state index contributed by atoms with van der Waals surface area (Å²) in [5, 5.41) is 0. The molecule has 46 valence electrons. The van der Waals surface area contributed by atoms with Gasteiger partial charge in [-0.1, -0.05) is 0 Å². The average Bonchev–Trinajstić information content (AvgIpc) is 0. The second-order valence-corrected chi connectivity index (χ2v) is 0. The van der Waals surface area contributed by atoms with Crippen molar-refractivity contribution in [1.82, 2.24) is 0 Å². The van der Waals surface area contributed by atoms with E-state index in [1.165, 1.54) is 0 Å². The van der Waals surface area contributed by atoms with Gasteiger partial charge in [-0.2, -0.15) is 0 Å². The van der Waals surface area contributed by atoms with Crippen molar-refractivity contribution in [3.63, 3.8) is 0 Å². The molecule has 0 aliphatic rings. The van der Waals surface area contributed by atoms with Crippen molar-refractivity contribution in [3.8, 4) is 0 Å². The van der Waals surface area contributed by atoms with Gasteiger partial charge in [-0.15, -0.1) is 0 Å². The van der Waals surface area contributed by atoms with Gasteiger partial charge in [-0.05, 0) is 0 Å². The number of rotatable bonds is 0. The Morgan fingerprint density at radius 2 is 1.00 bits per heavy atom. The minimum absolute atomic E-state index is 0. The zero-order valence-electron chi connectivity index (χ0n) is 2.20. The molecule has 0 fully saturated rings. The van der Waals surface area contributed by atoms with E-state index in [-0.39, 0.29) is 106 Å². The first-order valence-electron chi connectivity index (χ1n) is 0. The fourth-order valence-electron chi connectivity index (χ4n) is 0. The predicted octanol–water partition coefficient (Wildman–Crippen LogP) is -0.0150. The van der Waals surface area contributed by atoms with Crippen molar-refractivity contribution in [3.05, 3.63) is 0 Å². The maximum atomic E-state index is 0. The topological polar surface area (TPSA) is 0 Å². The van der Waals surface area contributed by atoms with Crippen LogP contribution in [-0.4, -0.2) is 0 Å². The second-order valence-electron chi connectivity index (χ2n) is 0. The molecule has 0 bridgehead atoms. The molecule has 0 spiro atoms. The monoisotopic (exact) mass is 378 g/mol. The van der Waals surface area contributed by atoms with Crippen molar-refractivity contribution in [1.29, 1.82) is 0 Å². The van der Waals surface area contributed by atoms with E-state index in [4.69, 9.17) is 0 Å². The van der Waals surface area contributed by atoms with E-state index in [1.54, 1.807) is 0 Å².